The molecular weight excluding hydrogens is 540 g/mol. The van der Waals surface area contributed by atoms with Crippen LogP contribution in [0.25, 0.3) is 10.9 Å². The van der Waals surface area contributed by atoms with Crippen molar-refractivity contribution < 1.29 is 24.1 Å². The maximum atomic E-state index is 13.3. The molecule has 41 heavy (non-hydrogen) atoms. The van der Waals surface area contributed by atoms with Gasteiger partial charge in [-0.1, -0.05) is 41.9 Å². The molecule has 0 radical (unpaired) electrons. The maximum Gasteiger partial charge on any atom is 0.196 e. The zero-order valence-corrected chi connectivity index (χ0v) is 24.0. The Balaban J connectivity index is 1.28. The largest absolute Gasteiger partial charge is 0.493 e. The number of likely N-dealkylation sites (tertiary alicyclic amines) is 1. The topological polar surface area (TPSA) is 81.1 Å². The third kappa shape index (κ3) is 7.17. The number of hydrogen-bond donors (Lipinski definition) is 1. The Morgan fingerprint density at radius 2 is 1.78 bits per heavy atom. The molecule has 1 N–H and O–H groups in total. The van der Waals surface area contributed by atoms with Crippen LogP contribution in [-0.4, -0.2) is 60.7 Å². The number of nitrogens with zero attached hydrogens (tertiary/aromatic N) is 2. The summed E-state index contributed by atoms with van der Waals surface area (Å²) in [7, 11) is 1.61. The smallest absolute Gasteiger partial charge is 0.196 e. The monoisotopic (exact) mass is 574 g/mol. The van der Waals surface area contributed by atoms with Gasteiger partial charge in [-0.25, -0.2) is 0 Å². The van der Waals surface area contributed by atoms with Crippen molar-refractivity contribution in [3.05, 3.63) is 89.1 Å². The number of hydrogen-bond acceptors (Lipinski definition) is 7. The summed E-state index contributed by atoms with van der Waals surface area (Å²) in [6, 6.07) is 19.5. The number of rotatable bonds is 12. The quantitative estimate of drug-likeness (QED) is 0.147. The lowest BCUT2D eigenvalue weighted by atomic mass is 9.98. The summed E-state index contributed by atoms with van der Waals surface area (Å²) in [6.45, 7) is 4.02. The van der Waals surface area contributed by atoms with Gasteiger partial charge in [-0.05, 0) is 81.6 Å². The number of fused-ring (bicyclic) bond motifs is 1. The third-order valence-corrected chi connectivity index (χ3v) is 7.76. The Labute approximate surface area is 245 Å². The van der Waals surface area contributed by atoms with Crippen molar-refractivity contribution >= 4 is 28.3 Å². The minimum Gasteiger partial charge on any atom is -0.493 e. The van der Waals surface area contributed by atoms with Crippen LogP contribution >= 0.6 is 11.6 Å². The summed E-state index contributed by atoms with van der Waals surface area (Å²) < 4.78 is 18.1. The number of aliphatic hydroxyl groups excluding tert-OH is 1. The van der Waals surface area contributed by atoms with Gasteiger partial charge in [0.2, 0.25) is 0 Å². The van der Waals surface area contributed by atoms with Gasteiger partial charge in [-0.15, -0.1) is 0 Å². The SMILES string of the molecule is COc1cc2c(Oc3ccc(Cl)cc3C(=O)c3ccccc3)ccnc2cc1OCCCCN1CCC(CO)CC1. The second-order valence-corrected chi connectivity index (χ2v) is 10.7. The van der Waals surface area contributed by atoms with E-state index in [2.05, 4.69) is 9.88 Å². The van der Waals surface area contributed by atoms with E-state index < -0.39 is 0 Å². The molecule has 0 atom stereocenters. The molecule has 0 aliphatic carbocycles. The fourth-order valence-electron chi connectivity index (χ4n) is 5.13. The van der Waals surface area contributed by atoms with Gasteiger partial charge in [0.05, 0.1) is 24.8 Å². The second-order valence-electron chi connectivity index (χ2n) is 10.3. The molecule has 0 unspecified atom stereocenters. The van der Waals surface area contributed by atoms with Crippen LogP contribution in [0.3, 0.4) is 0 Å². The van der Waals surface area contributed by atoms with Gasteiger partial charge in [0, 0.05) is 34.8 Å². The van der Waals surface area contributed by atoms with E-state index in [1.165, 1.54) is 0 Å². The molecule has 2 heterocycles. The Morgan fingerprint density at radius 1 is 0.976 bits per heavy atom. The number of aromatic nitrogens is 1. The number of aliphatic hydroxyl groups is 1. The number of benzene rings is 3. The van der Waals surface area contributed by atoms with Crippen LogP contribution in [0.1, 0.15) is 41.6 Å². The number of unbranched alkanes of at least 4 members (excludes halogenated alkanes) is 1. The molecule has 1 aliphatic rings. The van der Waals surface area contributed by atoms with Crippen molar-refractivity contribution in [1.82, 2.24) is 9.88 Å². The van der Waals surface area contributed by atoms with Crippen molar-refractivity contribution in [2.75, 3.05) is 40.0 Å². The molecule has 7 nitrogen and oxygen atoms in total. The Bertz CT molecular complexity index is 1470. The Kier molecular flexibility index (Phi) is 9.72. The maximum absolute atomic E-state index is 13.3. The average molecular weight is 575 g/mol. The molecule has 0 spiro atoms. The standard InChI is InChI=1S/C33H35ClN2O5/c1-39-31-20-26-28(21-32(31)40-18-6-5-15-36-16-12-23(22-37)13-17-36)35-14-11-30(26)41-29-10-9-25(34)19-27(29)33(38)24-7-3-2-4-8-24/h2-4,7-11,14,19-21,23,37H,5-6,12-13,15-18,22H2,1H3. The second kappa shape index (κ2) is 13.8. The van der Waals surface area contributed by atoms with Gasteiger partial charge in [-0.2, -0.15) is 0 Å². The lowest BCUT2D eigenvalue weighted by Crippen LogP contribution is -2.35. The van der Waals surface area contributed by atoms with Gasteiger partial charge in [0.25, 0.3) is 0 Å². The van der Waals surface area contributed by atoms with Crippen LogP contribution in [0.4, 0.5) is 0 Å². The third-order valence-electron chi connectivity index (χ3n) is 7.52. The predicted molar refractivity (Wildman–Crippen MR) is 161 cm³/mol. The Morgan fingerprint density at radius 3 is 2.54 bits per heavy atom. The van der Waals surface area contributed by atoms with E-state index in [0.717, 1.165) is 50.7 Å². The van der Waals surface area contributed by atoms with E-state index in [1.54, 1.807) is 49.7 Å². The number of ketones is 1. The number of ether oxygens (including phenoxy) is 3. The van der Waals surface area contributed by atoms with E-state index in [1.807, 2.05) is 30.3 Å². The minimum absolute atomic E-state index is 0.177. The molecule has 1 aliphatic heterocycles. The fourth-order valence-corrected chi connectivity index (χ4v) is 5.31. The first-order chi connectivity index (χ1) is 20.1. The predicted octanol–water partition coefficient (Wildman–Crippen LogP) is 6.78. The summed E-state index contributed by atoms with van der Waals surface area (Å²) in [4.78, 5) is 20.3. The van der Waals surface area contributed by atoms with Crippen LogP contribution in [0.2, 0.25) is 5.02 Å². The highest BCUT2D eigenvalue weighted by molar-refractivity contribution is 6.31. The number of methoxy groups -OCH3 is 1. The molecule has 1 saturated heterocycles. The number of halogens is 1. The Hall–Kier alpha value is -3.65. The molecule has 5 rings (SSSR count). The summed E-state index contributed by atoms with van der Waals surface area (Å²) in [5.74, 6) is 2.42. The number of piperidine rings is 1. The van der Waals surface area contributed by atoms with Crippen LogP contribution in [0.5, 0.6) is 23.0 Å². The fraction of sp³-hybridized carbons (Fsp3) is 0.333. The van der Waals surface area contributed by atoms with Crippen molar-refractivity contribution in [3.63, 3.8) is 0 Å². The summed E-state index contributed by atoms with van der Waals surface area (Å²) in [6.07, 6.45) is 5.78. The van der Waals surface area contributed by atoms with Crippen molar-refractivity contribution in [3.8, 4) is 23.0 Å². The van der Waals surface area contributed by atoms with Crippen LogP contribution in [0, 0.1) is 5.92 Å². The average Bonchev–Trinajstić information content (AvgIpc) is 3.01. The molecule has 3 aromatic carbocycles. The van der Waals surface area contributed by atoms with E-state index in [-0.39, 0.29) is 5.78 Å². The molecule has 0 bridgehead atoms. The lowest BCUT2D eigenvalue weighted by molar-refractivity contribution is 0.103. The van der Waals surface area contributed by atoms with E-state index in [9.17, 15) is 9.90 Å². The number of carbonyl (C=O) groups is 1. The molecule has 214 valence electrons. The molecule has 1 aromatic heterocycles. The van der Waals surface area contributed by atoms with Gasteiger partial charge < -0.3 is 24.2 Å². The molecule has 0 saturated carbocycles. The molecular formula is C33H35ClN2O5. The van der Waals surface area contributed by atoms with Gasteiger partial charge in [-0.3, -0.25) is 9.78 Å². The highest BCUT2D eigenvalue weighted by Gasteiger charge is 2.19. The summed E-state index contributed by atoms with van der Waals surface area (Å²) in [5, 5.41) is 10.5. The summed E-state index contributed by atoms with van der Waals surface area (Å²) in [5.41, 5.74) is 1.61. The van der Waals surface area contributed by atoms with Gasteiger partial charge >= 0.3 is 0 Å². The first-order valence-corrected chi connectivity index (χ1v) is 14.4. The number of pyridine rings is 1. The molecule has 4 aromatic rings. The first-order valence-electron chi connectivity index (χ1n) is 14.1. The molecule has 1 fully saturated rings. The lowest BCUT2D eigenvalue weighted by Gasteiger charge is -2.30. The molecule has 8 heteroatoms. The summed E-state index contributed by atoms with van der Waals surface area (Å²) >= 11 is 6.26. The van der Waals surface area contributed by atoms with Crippen LogP contribution in [0.15, 0.2) is 72.9 Å². The van der Waals surface area contributed by atoms with E-state index in [0.29, 0.717) is 63.8 Å². The highest BCUT2D eigenvalue weighted by atomic mass is 35.5. The molecule has 0 amide bonds. The highest BCUT2D eigenvalue weighted by Crippen LogP contribution is 2.38. The normalized spacial score (nSPS) is 14.2. The van der Waals surface area contributed by atoms with Crippen molar-refractivity contribution in [2.24, 2.45) is 5.92 Å². The first kappa shape index (κ1) is 28.9. The number of carbonyl (C=O) groups excluding carboxylic acids is 1. The van der Waals surface area contributed by atoms with E-state index >= 15 is 0 Å². The van der Waals surface area contributed by atoms with Crippen molar-refractivity contribution in [2.45, 2.75) is 25.7 Å². The van der Waals surface area contributed by atoms with Gasteiger partial charge in [0.1, 0.15) is 11.5 Å². The van der Waals surface area contributed by atoms with Crippen molar-refractivity contribution in [1.29, 1.82) is 0 Å². The van der Waals surface area contributed by atoms with Crippen LogP contribution in [-0.2, 0) is 0 Å². The minimum atomic E-state index is -0.177. The zero-order chi connectivity index (χ0) is 28.6. The van der Waals surface area contributed by atoms with Gasteiger partial charge in [0.15, 0.2) is 17.3 Å². The van der Waals surface area contributed by atoms with Crippen LogP contribution < -0.4 is 14.2 Å². The van der Waals surface area contributed by atoms with E-state index in [4.69, 9.17) is 25.8 Å². The zero-order valence-electron chi connectivity index (χ0n) is 23.2.